The van der Waals surface area contributed by atoms with E-state index in [9.17, 15) is 0 Å². The Morgan fingerprint density at radius 2 is 2.60 bits per heavy atom. The second-order valence-electron chi connectivity index (χ2n) is 2.18. The maximum Gasteiger partial charge on any atom is 0.104 e. The van der Waals surface area contributed by atoms with E-state index >= 15 is 0 Å². The minimum Gasteiger partial charge on any atom is -0.328 e. The van der Waals surface area contributed by atoms with E-state index in [0.717, 1.165) is 4.60 Å². The summed E-state index contributed by atoms with van der Waals surface area (Å²) in [5.74, 6) is 0. The van der Waals surface area contributed by atoms with Gasteiger partial charge in [0.1, 0.15) is 4.60 Å². The summed E-state index contributed by atoms with van der Waals surface area (Å²) in [6.07, 6.45) is 1.75. The Morgan fingerprint density at radius 3 is 3.00 bits per heavy atom. The highest BCUT2D eigenvalue weighted by Crippen LogP contribution is 2.12. The molecular weight excluding hydrogens is 194 g/mol. The zero-order valence-corrected chi connectivity index (χ0v) is 7.37. The monoisotopic (exact) mass is 203 g/mol. The van der Waals surface area contributed by atoms with Gasteiger partial charge in [0.25, 0.3) is 0 Å². The summed E-state index contributed by atoms with van der Waals surface area (Å²) in [5, 5.41) is 4.08. The van der Waals surface area contributed by atoms with Crippen LogP contribution in [0.5, 0.6) is 0 Å². The van der Waals surface area contributed by atoms with E-state index in [1.807, 2.05) is 17.7 Å². The highest BCUT2D eigenvalue weighted by molar-refractivity contribution is 9.10. The second-order valence-corrected chi connectivity index (χ2v) is 3.00. The molecule has 3 nitrogen and oxygen atoms in total. The lowest BCUT2D eigenvalue weighted by atomic mass is 10.3. The fourth-order valence-corrected chi connectivity index (χ4v) is 1.28. The molecule has 0 bridgehead atoms. The van der Waals surface area contributed by atoms with Crippen LogP contribution in [0.1, 0.15) is 13.0 Å². The van der Waals surface area contributed by atoms with Gasteiger partial charge in [0.15, 0.2) is 0 Å². The van der Waals surface area contributed by atoms with E-state index in [-0.39, 0.29) is 6.04 Å². The maximum atomic E-state index is 5.45. The smallest absolute Gasteiger partial charge is 0.104 e. The largest absolute Gasteiger partial charge is 0.328 e. The predicted molar refractivity (Wildman–Crippen MR) is 43.7 cm³/mol. The van der Waals surface area contributed by atoms with Gasteiger partial charge in [0.2, 0.25) is 0 Å². The van der Waals surface area contributed by atoms with Crippen LogP contribution in [-0.2, 0) is 0 Å². The normalized spacial score (nSPS) is 13.5. The molecule has 0 aliphatic rings. The molecule has 1 rings (SSSR count). The number of nitrogens with two attached hydrogens (primary N) is 1. The van der Waals surface area contributed by atoms with Crippen molar-refractivity contribution >= 4 is 15.9 Å². The molecule has 0 saturated carbocycles. The van der Waals surface area contributed by atoms with Crippen molar-refractivity contribution in [1.29, 1.82) is 0 Å². The molecule has 1 unspecified atom stereocenters. The Morgan fingerprint density at radius 1 is 1.90 bits per heavy atom. The molecule has 1 aromatic rings. The van der Waals surface area contributed by atoms with Crippen molar-refractivity contribution in [3.05, 3.63) is 16.9 Å². The summed E-state index contributed by atoms with van der Waals surface area (Å²) in [6, 6.07) is 2.16. The molecule has 0 fully saturated rings. The molecule has 0 radical (unpaired) electrons. The van der Waals surface area contributed by atoms with E-state index in [1.54, 1.807) is 6.20 Å². The molecule has 0 aliphatic heterocycles. The molecule has 2 N–H and O–H groups in total. The Labute approximate surface area is 68.3 Å². The molecule has 10 heavy (non-hydrogen) atoms. The standard InChI is InChI=1S/C6H10BrN3/c1-5(4-8)10-6(7)2-3-9-10/h2-3,5H,4,8H2,1H3. The highest BCUT2D eigenvalue weighted by atomic mass is 79.9. The topological polar surface area (TPSA) is 43.8 Å². The Balaban J connectivity index is 2.82. The molecule has 0 spiro atoms. The lowest BCUT2D eigenvalue weighted by Gasteiger charge is -2.09. The molecule has 1 atom stereocenters. The van der Waals surface area contributed by atoms with Gasteiger partial charge in [-0.05, 0) is 28.9 Å². The van der Waals surface area contributed by atoms with Crippen LogP contribution in [0.2, 0.25) is 0 Å². The third-order valence-corrected chi connectivity index (χ3v) is 2.01. The first-order valence-corrected chi connectivity index (χ1v) is 3.94. The van der Waals surface area contributed by atoms with E-state index in [0.29, 0.717) is 6.54 Å². The molecular formula is C6H10BrN3. The van der Waals surface area contributed by atoms with Gasteiger partial charge in [-0.3, -0.25) is 4.68 Å². The molecule has 0 aliphatic carbocycles. The first-order valence-electron chi connectivity index (χ1n) is 3.14. The highest BCUT2D eigenvalue weighted by Gasteiger charge is 2.04. The zero-order chi connectivity index (χ0) is 7.56. The quantitative estimate of drug-likeness (QED) is 0.785. The van der Waals surface area contributed by atoms with Crippen molar-refractivity contribution < 1.29 is 0 Å². The Hall–Kier alpha value is -0.350. The van der Waals surface area contributed by atoms with Crippen LogP contribution in [0, 0.1) is 0 Å². The van der Waals surface area contributed by atoms with Gasteiger partial charge in [-0.15, -0.1) is 0 Å². The van der Waals surface area contributed by atoms with E-state index < -0.39 is 0 Å². The summed E-state index contributed by atoms with van der Waals surface area (Å²) >= 11 is 3.35. The Bertz CT molecular complexity index is 209. The van der Waals surface area contributed by atoms with Crippen molar-refractivity contribution in [3.8, 4) is 0 Å². The SMILES string of the molecule is CC(CN)n1nccc1Br. The number of hydrogen-bond donors (Lipinski definition) is 1. The van der Waals surface area contributed by atoms with E-state index in [4.69, 9.17) is 5.73 Å². The van der Waals surface area contributed by atoms with Crippen LogP contribution in [0.4, 0.5) is 0 Å². The molecule has 4 heteroatoms. The summed E-state index contributed by atoms with van der Waals surface area (Å²) in [5.41, 5.74) is 5.45. The second kappa shape index (κ2) is 3.16. The lowest BCUT2D eigenvalue weighted by molar-refractivity contribution is 0.491. The molecule has 0 aromatic carbocycles. The minimum absolute atomic E-state index is 0.268. The van der Waals surface area contributed by atoms with Crippen molar-refractivity contribution in [2.75, 3.05) is 6.54 Å². The van der Waals surface area contributed by atoms with Crippen LogP contribution in [0.15, 0.2) is 16.9 Å². The number of hydrogen-bond acceptors (Lipinski definition) is 2. The minimum atomic E-state index is 0.268. The van der Waals surface area contributed by atoms with E-state index in [1.165, 1.54) is 0 Å². The van der Waals surface area contributed by atoms with Gasteiger partial charge in [-0.1, -0.05) is 0 Å². The van der Waals surface area contributed by atoms with Crippen LogP contribution >= 0.6 is 15.9 Å². The molecule has 1 aromatic heterocycles. The first-order chi connectivity index (χ1) is 4.75. The van der Waals surface area contributed by atoms with Crippen LogP contribution in [0.3, 0.4) is 0 Å². The lowest BCUT2D eigenvalue weighted by Crippen LogP contribution is -2.17. The average molecular weight is 204 g/mol. The fraction of sp³-hybridized carbons (Fsp3) is 0.500. The van der Waals surface area contributed by atoms with Crippen LogP contribution in [0.25, 0.3) is 0 Å². The zero-order valence-electron chi connectivity index (χ0n) is 5.79. The Kier molecular flexibility index (Phi) is 2.45. The molecule has 1 heterocycles. The van der Waals surface area contributed by atoms with Crippen molar-refractivity contribution in [1.82, 2.24) is 9.78 Å². The van der Waals surface area contributed by atoms with Gasteiger partial charge in [0, 0.05) is 6.54 Å². The van der Waals surface area contributed by atoms with Gasteiger partial charge in [-0.25, -0.2) is 0 Å². The van der Waals surface area contributed by atoms with Crippen molar-refractivity contribution in [3.63, 3.8) is 0 Å². The fourth-order valence-electron chi connectivity index (χ4n) is 0.722. The molecule has 56 valence electrons. The van der Waals surface area contributed by atoms with Gasteiger partial charge < -0.3 is 5.73 Å². The van der Waals surface area contributed by atoms with Gasteiger partial charge in [-0.2, -0.15) is 5.10 Å². The third kappa shape index (κ3) is 1.38. The van der Waals surface area contributed by atoms with Crippen molar-refractivity contribution in [2.24, 2.45) is 5.73 Å². The summed E-state index contributed by atoms with van der Waals surface area (Å²) in [7, 11) is 0. The maximum absolute atomic E-state index is 5.45. The number of aromatic nitrogens is 2. The summed E-state index contributed by atoms with van der Waals surface area (Å²) in [4.78, 5) is 0. The first kappa shape index (κ1) is 7.75. The molecule has 0 amide bonds. The third-order valence-electron chi connectivity index (χ3n) is 1.38. The van der Waals surface area contributed by atoms with Crippen molar-refractivity contribution in [2.45, 2.75) is 13.0 Å². The van der Waals surface area contributed by atoms with Gasteiger partial charge >= 0.3 is 0 Å². The van der Waals surface area contributed by atoms with Crippen LogP contribution < -0.4 is 5.73 Å². The number of rotatable bonds is 2. The predicted octanol–water partition coefficient (Wildman–Crippen LogP) is 1.17. The average Bonchev–Trinajstić information content (AvgIpc) is 2.34. The van der Waals surface area contributed by atoms with Gasteiger partial charge in [0.05, 0.1) is 12.2 Å². The van der Waals surface area contributed by atoms with E-state index in [2.05, 4.69) is 21.0 Å². The van der Waals surface area contributed by atoms with Crippen LogP contribution in [-0.4, -0.2) is 16.3 Å². The number of halogens is 1. The summed E-state index contributed by atoms with van der Waals surface area (Å²) in [6.45, 7) is 2.64. The number of nitrogens with zero attached hydrogens (tertiary/aromatic N) is 2. The molecule has 0 saturated heterocycles. The summed E-state index contributed by atoms with van der Waals surface area (Å²) < 4.78 is 2.82.